The Kier molecular flexibility index (Phi) is 2.19. The van der Waals surface area contributed by atoms with E-state index in [1.807, 2.05) is 6.07 Å². The number of halogens is 1. The summed E-state index contributed by atoms with van der Waals surface area (Å²) in [4.78, 5) is 12.0. The fourth-order valence-electron chi connectivity index (χ4n) is 1.01. The fraction of sp³-hybridized carbons (Fsp3) is 0. The first-order valence-corrected chi connectivity index (χ1v) is 4.12. The topological polar surface area (TPSA) is 38.7 Å². The third-order valence-corrected chi connectivity index (χ3v) is 1.79. The molecule has 2 heterocycles. The van der Waals surface area contributed by atoms with Crippen molar-refractivity contribution in [2.24, 2.45) is 0 Å². The predicted octanol–water partition coefficient (Wildman–Crippen LogP) is 2.19. The Balaban J connectivity index is 2.48. The lowest BCUT2D eigenvalue weighted by molar-refractivity contribution is 1.20. The summed E-state index contributed by atoms with van der Waals surface area (Å²) in [7, 11) is 0. The molecule has 3 nitrogen and oxygen atoms in total. The van der Waals surface area contributed by atoms with Crippen molar-refractivity contribution >= 4 is 11.6 Å². The average molecular weight is 192 g/mol. The monoisotopic (exact) mass is 191 g/mol. The summed E-state index contributed by atoms with van der Waals surface area (Å²) < 4.78 is 0. The molecular weight excluding hydrogens is 186 g/mol. The first kappa shape index (κ1) is 8.13. The van der Waals surface area contributed by atoms with Gasteiger partial charge in [0.1, 0.15) is 5.15 Å². The van der Waals surface area contributed by atoms with Gasteiger partial charge in [-0.15, -0.1) is 0 Å². The molecule has 2 aromatic rings. The minimum absolute atomic E-state index is 0.461. The molecule has 0 atom stereocenters. The summed E-state index contributed by atoms with van der Waals surface area (Å²) in [5.41, 5.74) is 1.72. The SMILES string of the molecule is Clc1cc(-c2cnccn2)ccn1. The molecule has 0 spiro atoms. The maximum absolute atomic E-state index is 5.74. The lowest BCUT2D eigenvalue weighted by Gasteiger charge is -1.98. The van der Waals surface area contributed by atoms with E-state index in [-0.39, 0.29) is 0 Å². The van der Waals surface area contributed by atoms with Crippen molar-refractivity contribution < 1.29 is 0 Å². The second-order valence-corrected chi connectivity index (χ2v) is 2.85. The molecule has 0 saturated heterocycles. The summed E-state index contributed by atoms with van der Waals surface area (Å²) >= 11 is 5.74. The van der Waals surface area contributed by atoms with Crippen LogP contribution in [0.5, 0.6) is 0 Å². The summed E-state index contributed by atoms with van der Waals surface area (Å²) in [6.07, 6.45) is 6.61. The standard InChI is InChI=1S/C9H6ClN3/c10-9-5-7(1-2-13-9)8-6-11-3-4-12-8/h1-6H. The highest BCUT2D eigenvalue weighted by atomic mass is 35.5. The normalized spacial score (nSPS) is 9.92. The van der Waals surface area contributed by atoms with Crippen LogP contribution < -0.4 is 0 Å². The van der Waals surface area contributed by atoms with E-state index in [0.717, 1.165) is 11.3 Å². The Morgan fingerprint density at radius 2 is 2.00 bits per heavy atom. The van der Waals surface area contributed by atoms with E-state index in [4.69, 9.17) is 11.6 Å². The molecular formula is C9H6ClN3. The van der Waals surface area contributed by atoms with Crippen molar-refractivity contribution in [3.05, 3.63) is 42.1 Å². The number of rotatable bonds is 1. The van der Waals surface area contributed by atoms with Gasteiger partial charge in [-0.2, -0.15) is 0 Å². The molecule has 0 radical (unpaired) electrons. The third kappa shape index (κ3) is 1.81. The molecule has 0 amide bonds. The molecule has 4 heteroatoms. The van der Waals surface area contributed by atoms with Gasteiger partial charge in [0.15, 0.2) is 0 Å². The zero-order valence-electron chi connectivity index (χ0n) is 6.68. The van der Waals surface area contributed by atoms with Gasteiger partial charge in [0.05, 0.1) is 11.9 Å². The zero-order valence-corrected chi connectivity index (χ0v) is 7.44. The van der Waals surface area contributed by atoms with Gasteiger partial charge in [0.25, 0.3) is 0 Å². The van der Waals surface area contributed by atoms with Crippen LogP contribution in [0.4, 0.5) is 0 Å². The smallest absolute Gasteiger partial charge is 0.129 e. The van der Waals surface area contributed by atoms with E-state index in [1.54, 1.807) is 30.9 Å². The summed E-state index contributed by atoms with van der Waals surface area (Å²) in [5, 5.41) is 0.461. The Morgan fingerprint density at radius 1 is 1.08 bits per heavy atom. The fourth-order valence-corrected chi connectivity index (χ4v) is 1.18. The van der Waals surface area contributed by atoms with Gasteiger partial charge >= 0.3 is 0 Å². The van der Waals surface area contributed by atoms with Crippen molar-refractivity contribution in [2.75, 3.05) is 0 Å². The molecule has 0 aliphatic heterocycles. The lowest BCUT2D eigenvalue weighted by Crippen LogP contribution is -1.84. The van der Waals surface area contributed by atoms with E-state index >= 15 is 0 Å². The summed E-state index contributed by atoms with van der Waals surface area (Å²) in [6, 6.07) is 3.60. The van der Waals surface area contributed by atoms with Crippen molar-refractivity contribution in [3.8, 4) is 11.3 Å². The van der Waals surface area contributed by atoms with Gasteiger partial charge in [0.2, 0.25) is 0 Å². The van der Waals surface area contributed by atoms with Crippen molar-refractivity contribution in [1.82, 2.24) is 15.0 Å². The quantitative estimate of drug-likeness (QED) is 0.649. The van der Waals surface area contributed by atoms with Crippen LogP contribution in [0, 0.1) is 0 Å². The van der Waals surface area contributed by atoms with E-state index in [1.165, 1.54) is 0 Å². The Labute approximate surface area is 80.5 Å². The van der Waals surface area contributed by atoms with Gasteiger partial charge in [0, 0.05) is 24.2 Å². The van der Waals surface area contributed by atoms with Crippen LogP contribution in [0.15, 0.2) is 36.9 Å². The van der Waals surface area contributed by atoms with E-state index in [2.05, 4.69) is 15.0 Å². The molecule has 2 aromatic heterocycles. The lowest BCUT2D eigenvalue weighted by atomic mass is 10.2. The molecule has 0 saturated carbocycles. The van der Waals surface area contributed by atoms with Crippen LogP contribution in [0.2, 0.25) is 5.15 Å². The minimum atomic E-state index is 0.461. The molecule has 0 aromatic carbocycles. The second-order valence-electron chi connectivity index (χ2n) is 2.46. The van der Waals surface area contributed by atoms with Gasteiger partial charge in [-0.3, -0.25) is 9.97 Å². The Bertz CT molecular complexity index is 403. The Morgan fingerprint density at radius 3 is 2.69 bits per heavy atom. The number of hydrogen-bond acceptors (Lipinski definition) is 3. The Hall–Kier alpha value is -1.48. The molecule has 64 valence electrons. The highest BCUT2D eigenvalue weighted by molar-refractivity contribution is 6.29. The van der Waals surface area contributed by atoms with Gasteiger partial charge < -0.3 is 0 Å². The maximum atomic E-state index is 5.74. The largest absolute Gasteiger partial charge is 0.261 e. The zero-order chi connectivity index (χ0) is 9.10. The molecule has 13 heavy (non-hydrogen) atoms. The van der Waals surface area contributed by atoms with Crippen LogP contribution in [0.25, 0.3) is 11.3 Å². The van der Waals surface area contributed by atoms with Crippen LogP contribution in [-0.4, -0.2) is 15.0 Å². The molecule has 0 unspecified atom stereocenters. The molecule has 2 rings (SSSR count). The van der Waals surface area contributed by atoms with Gasteiger partial charge in [-0.05, 0) is 12.1 Å². The van der Waals surface area contributed by atoms with Crippen LogP contribution >= 0.6 is 11.6 Å². The minimum Gasteiger partial charge on any atom is -0.261 e. The number of hydrogen-bond donors (Lipinski definition) is 0. The van der Waals surface area contributed by atoms with Gasteiger partial charge in [-0.1, -0.05) is 11.6 Å². The van der Waals surface area contributed by atoms with E-state index in [9.17, 15) is 0 Å². The van der Waals surface area contributed by atoms with E-state index in [0.29, 0.717) is 5.15 Å². The predicted molar refractivity (Wildman–Crippen MR) is 50.3 cm³/mol. The van der Waals surface area contributed by atoms with Crippen LogP contribution in [-0.2, 0) is 0 Å². The van der Waals surface area contributed by atoms with E-state index < -0.39 is 0 Å². The van der Waals surface area contributed by atoms with Crippen molar-refractivity contribution in [3.63, 3.8) is 0 Å². The molecule has 0 fully saturated rings. The first-order chi connectivity index (χ1) is 6.36. The van der Waals surface area contributed by atoms with Crippen molar-refractivity contribution in [2.45, 2.75) is 0 Å². The number of pyridine rings is 1. The van der Waals surface area contributed by atoms with Crippen LogP contribution in [0.1, 0.15) is 0 Å². The van der Waals surface area contributed by atoms with Crippen molar-refractivity contribution in [1.29, 1.82) is 0 Å². The third-order valence-electron chi connectivity index (χ3n) is 1.59. The maximum Gasteiger partial charge on any atom is 0.129 e. The number of nitrogens with zero attached hydrogens (tertiary/aromatic N) is 3. The highest BCUT2D eigenvalue weighted by Gasteiger charge is 1.98. The number of aromatic nitrogens is 3. The summed E-state index contributed by atoms with van der Waals surface area (Å²) in [6.45, 7) is 0. The molecule has 0 aliphatic carbocycles. The summed E-state index contributed by atoms with van der Waals surface area (Å²) in [5.74, 6) is 0. The average Bonchev–Trinajstić information content (AvgIpc) is 2.19. The highest BCUT2D eigenvalue weighted by Crippen LogP contribution is 2.17. The molecule has 0 aliphatic rings. The molecule has 0 bridgehead atoms. The van der Waals surface area contributed by atoms with Gasteiger partial charge in [-0.25, -0.2) is 4.98 Å². The molecule has 0 N–H and O–H groups in total. The second kappa shape index (κ2) is 3.49. The first-order valence-electron chi connectivity index (χ1n) is 3.74. The van der Waals surface area contributed by atoms with Crippen LogP contribution in [0.3, 0.4) is 0 Å².